The lowest BCUT2D eigenvalue weighted by Gasteiger charge is -2.04. The monoisotopic (exact) mass is 154 g/mol. The van der Waals surface area contributed by atoms with E-state index in [0.29, 0.717) is 0 Å². The van der Waals surface area contributed by atoms with Gasteiger partial charge in [0.1, 0.15) is 5.76 Å². The average Bonchev–Trinajstić information content (AvgIpc) is 1.99. The molecule has 0 spiro atoms. The maximum absolute atomic E-state index is 5.19. The first-order valence-electron chi connectivity index (χ1n) is 4.00. The predicted octanol–water partition coefficient (Wildman–Crippen LogP) is 3.28. The number of rotatable bonds is 3. The van der Waals surface area contributed by atoms with E-state index in [4.69, 9.17) is 4.74 Å². The third-order valence-electron chi connectivity index (χ3n) is 1.65. The Morgan fingerprint density at radius 1 is 1.27 bits per heavy atom. The van der Waals surface area contributed by atoms with Gasteiger partial charge in [0.15, 0.2) is 0 Å². The van der Waals surface area contributed by atoms with Crippen molar-refractivity contribution < 1.29 is 4.74 Å². The maximum Gasteiger partial charge on any atom is 0.117 e. The molecular weight excluding hydrogens is 136 g/mol. The molecule has 0 bridgehead atoms. The van der Waals surface area contributed by atoms with Gasteiger partial charge in [-0.05, 0) is 38.8 Å². The SMILES string of the molecule is CC/C(C)=C\C(OC)=C(C)C. The molecule has 1 heteroatoms. The highest BCUT2D eigenvalue weighted by atomic mass is 16.5. The molecule has 11 heavy (non-hydrogen) atoms. The Morgan fingerprint density at radius 3 is 2.09 bits per heavy atom. The molecule has 0 amide bonds. The van der Waals surface area contributed by atoms with Crippen LogP contribution in [0.1, 0.15) is 34.1 Å². The third-order valence-corrected chi connectivity index (χ3v) is 1.65. The lowest BCUT2D eigenvalue weighted by molar-refractivity contribution is 0.302. The minimum atomic E-state index is 0.990. The highest BCUT2D eigenvalue weighted by molar-refractivity contribution is 5.21. The van der Waals surface area contributed by atoms with Gasteiger partial charge in [-0.1, -0.05) is 12.5 Å². The largest absolute Gasteiger partial charge is 0.497 e. The van der Waals surface area contributed by atoms with E-state index in [1.54, 1.807) is 7.11 Å². The van der Waals surface area contributed by atoms with Crippen molar-refractivity contribution in [3.05, 3.63) is 23.0 Å². The summed E-state index contributed by atoms with van der Waals surface area (Å²) in [5.41, 5.74) is 2.57. The van der Waals surface area contributed by atoms with Crippen molar-refractivity contribution >= 4 is 0 Å². The zero-order chi connectivity index (χ0) is 8.85. The predicted molar refractivity (Wildman–Crippen MR) is 49.4 cm³/mol. The molecule has 64 valence electrons. The molecule has 0 aromatic carbocycles. The Kier molecular flexibility index (Phi) is 4.67. The fraction of sp³-hybridized carbons (Fsp3) is 0.600. The summed E-state index contributed by atoms with van der Waals surface area (Å²) in [6.07, 6.45) is 3.18. The van der Waals surface area contributed by atoms with Gasteiger partial charge in [0.2, 0.25) is 0 Å². The molecule has 0 saturated heterocycles. The fourth-order valence-corrected chi connectivity index (χ4v) is 0.733. The number of hydrogen-bond acceptors (Lipinski definition) is 1. The molecule has 0 unspecified atom stereocenters. The van der Waals surface area contributed by atoms with Gasteiger partial charge >= 0.3 is 0 Å². The highest BCUT2D eigenvalue weighted by Gasteiger charge is 1.93. The first-order valence-corrected chi connectivity index (χ1v) is 4.00. The second-order valence-electron chi connectivity index (χ2n) is 2.91. The van der Waals surface area contributed by atoms with Crippen molar-refractivity contribution in [1.82, 2.24) is 0 Å². The molecule has 0 aliphatic carbocycles. The average molecular weight is 154 g/mol. The molecule has 0 fully saturated rings. The van der Waals surface area contributed by atoms with Crippen LogP contribution in [0.15, 0.2) is 23.0 Å². The van der Waals surface area contributed by atoms with Gasteiger partial charge in [-0.3, -0.25) is 0 Å². The molecule has 0 aromatic heterocycles. The van der Waals surface area contributed by atoms with Crippen molar-refractivity contribution in [3.63, 3.8) is 0 Å². The van der Waals surface area contributed by atoms with Crippen LogP contribution in [0.3, 0.4) is 0 Å². The van der Waals surface area contributed by atoms with E-state index < -0.39 is 0 Å². The molecule has 0 aliphatic heterocycles. The topological polar surface area (TPSA) is 9.23 Å². The molecular formula is C10H18O. The van der Waals surface area contributed by atoms with Crippen LogP contribution in [0.25, 0.3) is 0 Å². The standard InChI is InChI=1S/C10H18O/c1-6-9(4)7-10(11-5)8(2)3/h7H,6H2,1-5H3/b9-7-. The molecule has 0 radical (unpaired) electrons. The van der Waals surface area contributed by atoms with Gasteiger partial charge in [-0.15, -0.1) is 0 Å². The lowest BCUT2D eigenvalue weighted by Crippen LogP contribution is -1.86. The zero-order valence-corrected chi connectivity index (χ0v) is 8.19. The Labute approximate surface area is 69.8 Å². The molecule has 0 aromatic rings. The lowest BCUT2D eigenvalue weighted by atomic mass is 10.2. The van der Waals surface area contributed by atoms with Crippen LogP contribution < -0.4 is 0 Å². The number of hydrogen-bond donors (Lipinski definition) is 0. The molecule has 0 N–H and O–H groups in total. The van der Waals surface area contributed by atoms with E-state index in [0.717, 1.165) is 12.2 Å². The smallest absolute Gasteiger partial charge is 0.117 e. The first-order chi connectivity index (χ1) is 5.11. The van der Waals surface area contributed by atoms with Crippen molar-refractivity contribution in [2.75, 3.05) is 7.11 Å². The van der Waals surface area contributed by atoms with Crippen LogP contribution >= 0.6 is 0 Å². The number of methoxy groups -OCH3 is 1. The summed E-state index contributed by atoms with van der Waals surface area (Å²) in [7, 11) is 1.71. The van der Waals surface area contributed by atoms with Crippen LogP contribution in [-0.4, -0.2) is 7.11 Å². The van der Waals surface area contributed by atoms with Gasteiger partial charge in [0.05, 0.1) is 7.11 Å². The van der Waals surface area contributed by atoms with E-state index >= 15 is 0 Å². The van der Waals surface area contributed by atoms with Crippen molar-refractivity contribution in [2.45, 2.75) is 34.1 Å². The van der Waals surface area contributed by atoms with E-state index in [9.17, 15) is 0 Å². The van der Waals surface area contributed by atoms with Crippen LogP contribution in [0.2, 0.25) is 0 Å². The summed E-state index contributed by atoms with van der Waals surface area (Å²) < 4.78 is 5.19. The Morgan fingerprint density at radius 2 is 1.82 bits per heavy atom. The van der Waals surface area contributed by atoms with Gasteiger partial charge in [0, 0.05) is 0 Å². The Balaban J connectivity index is 4.44. The summed E-state index contributed by atoms with van der Waals surface area (Å²) in [5, 5.41) is 0. The van der Waals surface area contributed by atoms with E-state index in [-0.39, 0.29) is 0 Å². The van der Waals surface area contributed by atoms with Crippen LogP contribution in [0.4, 0.5) is 0 Å². The third kappa shape index (κ3) is 3.87. The summed E-state index contributed by atoms with van der Waals surface area (Å²) >= 11 is 0. The van der Waals surface area contributed by atoms with Crippen LogP contribution in [-0.2, 0) is 4.74 Å². The van der Waals surface area contributed by atoms with Gasteiger partial charge in [-0.2, -0.15) is 0 Å². The molecule has 0 rings (SSSR count). The van der Waals surface area contributed by atoms with E-state index in [2.05, 4.69) is 33.8 Å². The quantitative estimate of drug-likeness (QED) is 0.447. The molecule has 0 heterocycles. The highest BCUT2D eigenvalue weighted by Crippen LogP contribution is 2.10. The summed E-state index contributed by atoms with van der Waals surface area (Å²) in [5.74, 6) is 0.990. The maximum atomic E-state index is 5.19. The van der Waals surface area contributed by atoms with Crippen LogP contribution in [0.5, 0.6) is 0 Å². The van der Waals surface area contributed by atoms with Gasteiger partial charge in [-0.25, -0.2) is 0 Å². The normalized spacial score (nSPS) is 11.2. The zero-order valence-electron chi connectivity index (χ0n) is 8.19. The summed E-state index contributed by atoms with van der Waals surface area (Å²) in [6.45, 7) is 8.36. The molecule has 0 aliphatic rings. The summed E-state index contributed by atoms with van der Waals surface area (Å²) in [6, 6.07) is 0. The molecule has 1 nitrogen and oxygen atoms in total. The van der Waals surface area contributed by atoms with Crippen molar-refractivity contribution in [1.29, 1.82) is 0 Å². The first kappa shape index (κ1) is 10.3. The van der Waals surface area contributed by atoms with Crippen molar-refractivity contribution in [2.24, 2.45) is 0 Å². The van der Waals surface area contributed by atoms with Gasteiger partial charge in [0.25, 0.3) is 0 Å². The number of ether oxygens (including phenoxy) is 1. The van der Waals surface area contributed by atoms with Gasteiger partial charge < -0.3 is 4.74 Å². The molecule has 0 saturated carbocycles. The fourth-order valence-electron chi connectivity index (χ4n) is 0.733. The Bertz CT molecular complexity index is 171. The molecule has 0 atom stereocenters. The second kappa shape index (κ2) is 5.00. The van der Waals surface area contributed by atoms with E-state index in [1.807, 2.05) is 0 Å². The Hall–Kier alpha value is -0.720. The van der Waals surface area contributed by atoms with E-state index in [1.165, 1.54) is 11.1 Å². The van der Waals surface area contributed by atoms with Crippen molar-refractivity contribution in [3.8, 4) is 0 Å². The second-order valence-corrected chi connectivity index (χ2v) is 2.91. The minimum absolute atomic E-state index is 0.990. The summed E-state index contributed by atoms with van der Waals surface area (Å²) in [4.78, 5) is 0. The number of allylic oxidation sites excluding steroid dienone is 3. The van der Waals surface area contributed by atoms with Crippen LogP contribution in [0, 0.1) is 0 Å². The minimum Gasteiger partial charge on any atom is -0.497 e.